The maximum atomic E-state index is 12.9. The topological polar surface area (TPSA) is 117 Å². The number of carbonyl (C=O) groups excluding carboxylic acids is 1. The number of nitrogens with two attached hydrogens (primary N) is 1. The maximum Gasteiger partial charge on any atom is 0.414 e. The fourth-order valence-electron chi connectivity index (χ4n) is 8.58. The minimum Gasteiger partial charge on any atom is -0.443 e. The second-order valence-corrected chi connectivity index (χ2v) is 18.2. The van der Waals surface area contributed by atoms with Crippen LogP contribution in [-0.4, -0.2) is 48.5 Å². The van der Waals surface area contributed by atoms with E-state index in [9.17, 15) is 4.79 Å². The molecule has 6 aromatic carbocycles. The molecule has 10 nitrogen and oxygen atoms in total. The van der Waals surface area contributed by atoms with E-state index in [1.807, 2.05) is 67.9 Å². The van der Waals surface area contributed by atoms with Crippen molar-refractivity contribution in [2.75, 3.05) is 17.7 Å². The lowest BCUT2D eigenvalue weighted by Gasteiger charge is -2.36. The molecule has 2 N–H and O–H groups in total. The van der Waals surface area contributed by atoms with Gasteiger partial charge < -0.3 is 15.0 Å². The third kappa shape index (κ3) is 9.33. The summed E-state index contributed by atoms with van der Waals surface area (Å²) in [6, 6.07) is 54.4. The second kappa shape index (κ2) is 19.4. The highest BCUT2D eigenvalue weighted by Crippen LogP contribution is 2.43. The Kier molecular flexibility index (Phi) is 13.3. The van der Waals surface area contributed by atoms with E-state index in [0.717, 1.165) is 69.1 Å². The minimum atomic E-state index is -0.870. The largest absolute Gasteiger partial charge is 0.443 e. The van der Waals surface area contributed by atoms with Crippen LogP contribution in [0.25, 0.3) is 22.5 Å². The van der Waals surface area contributed by atoms with Crippen LogP contribution in [0.5, 0.6) is 0 Å². The summed E-state index contributed by atoms with van der Waals surface area (Å²) in [4.78, 5) is 20.6. The normalized spacial score (nSPS) is 11.7. The van der Waals surface area contributed by atoms with Crippen LogP contribution in [0.4, 0.5) is 16.2 Å². The van der Waals surface area contributed by atoms with E-state index < -0.39 is 17.2 Å². The maximum absolute atomic E-state index is 12.9. The Balaban J connectivity index is 1.09. The standard InChI is InChI=1S/C54H56N8O2S/c1-7-20-50-56-47(37-65-43-33-34-46(55)49(35-43)60(6)52(63)64-53(3,4)5)48(8-2)61(50)36-38-29-31-39(32-30-38)44-27-18-19-28-45(44)51-57-58-59-62(51)54(40-21-12-9-13-22-40,41-23-14-10-15-24-41)42-25-16-11-17-26-42/h9-19,21-35H,7-8,20,36-37,55H2,1-6H3. The molecule has 0 atom stereocenters. The van der Waals surface area contributed by atoms with E-state index in [1.54, 1.807) is 18.8 Å². The van der Waals surface area contributed by atoms with Crippen molar-refractivity contribution < 1.29 is 9.53 Å². The molecule has 0 saturated heterocycles. The van der Waals surface area contributed by atoms with Gasteiger partial charge in [-0.2, -0.15) is 0 Å². The first-order valence-corrected chi connectivity index (χ1v) is 23.2. The molecule has 0 aliphatic rings. The summed E-state index contributed by atoms with van der Waals surface area (Å²) in [5.41, 5.74) is 15.6. The highest BCUT2D eigenvalue weighted by molar-refractivity contribution is 7.98. The zero-order valence-corrected chi connectivity index (χ0v) is 38.8. The Hall–Kier alpha value is -6.98. The van der Waals surface area contributed by atoms with Crippen LogP contribution in [0.1, 0.15) is 80.5 Å². The van der Waals surface area contributed by atoms with Crippen LogP contribution in [0.2, 0.25) is 0 Å². The Morgan fingerprint density at radius 1 is 0.754 bits per heavy atom. The zero-order chi connectivity index (χ0) is 45.6. The smallest absolute Gasteiger partial charge is 0.414 e. The molecular weight excluding hydrogens is 825 g/mol. The Bertz CT molecular complexity index is 2760. The van der Waals surface area contributed by atoms with E-state index in [2.05, 4.69) is 139 Å². The number of aromatic nitrogens is 6. The number of carbonyl (C=O) groups is 1. The number of thioether (sulfide) groups is 1. The lowest BCUT2D eigenvalue weighted by Crippen LogP contribution is -2.39. The number of aryl methyl sites for hydroxylation is 1. The molecule has 0 unspecified atom stereocenters. The van der Waals surface area contributed by atoms with Crippen molar-refractivity contribution in [3.05, 3.63) is 197 Å². The number of amides is 1. The Morgan fingerprint density at radius 3 is 1.91 bits per heavy atom. The van der Waals surface area contributed by atoms with Crippen LogP contribution < -0.4 is 10.6 Å². The number of nitrogens with zero attached hydrogens (tertiary/aromatic N) is 7. The van der Waals surface area contributed by atoms with Gasteiger partial charge in [-0.05, 0) is 95.6 Å². The van der Waals surface area contributed by atoms with Gasteiger partial charge in [-0.3, -0.25) is 4.90 Å². The molecule has 11 heteroatoms. The third-order valence-electron chi connectivity index (χ3n) is 11.6. The summed E-state index contributed by atoms with van der Waals surface area (Å²) in [6.45, 7) is 10.7. The lowest BCUT2D eigenvalue weighted by molar-refractivity contribution is 0.0589. The quantitative estimate of drug-likeness (QED) is 0.0615. The van der Waals surface area contributed by atoms with Crippen molar-refractivity contribution >= 4 is 29.2 Å². The van der Waals surface area contributed by atoms with Gasteiger partial charge in [-0.15, -0.1) is 16.9 Å². The van der Waals surface area contributed by atoms with Gasteiger partial charge in [0.1, 0.15) is 17.0 Å². The summed E-state index contributed by atoms with van der Waals surface area (Å²) in [5.74, 6) is 2.43. The predicted molar refractivity (Wildman–Crippen MR) is 263 cm³/mol. The highest BCUT2D eigenvalue weighted by Gasteiger charge is 2.42. The number of ether oxygens (including phenoxy) is 1. The Labute approximate surface area is 386 Å². The van der Waals surface area contributed by atoms with Crippen LogP contribution >= 0.6 is 11.8 Å². The van der Waals surface area contributed by atoms with E-state index in [0.29, 0.717) is 29.5 Å². The molecule has 0 spiro atoms. The summed E-state index contributed by atoms with van der Waals surface area (Å²) in [6.07, 6.45) is 2.26. The molecule has 330 valence electrons. The number of hydrogen-bond acceptors (Lipinski definition) is 8. The molecule has 0 fully saturated rings. The van der Waals surface area contributed by atoms with E-state index in [-0.39, 0.29) is 0 Å². The second-order valence-electron chi connectivity index (χ2n) is 17.1. The summed E-state index contributed by atoms with van der Waals surface area (Å²) < 4.78 is 10.00. The highest BCUT2D eigenvalue weighted by atomic mass is 32.2. The molecule has 8 aromatic rings. The summed E-state index contributed by atoms with van der Waals surface area (Å²) in [7, 11) is 1.69. The summed E-state index contributed by atoms with van der Waals surface area (Å²) in [5, 5.41) is 14.0. The number of nitrogen functional groups attached to an aromatic ring is 1. The number of anilines is 2. The monoisotopic (exact) mass is 880 g/mol. The molecule has 0 bridgehead atoms. The van der Waals surface area contributed by atoms with E-state index >= 15 is 0 Å². The molecule has 2 heterocycles. The average Bonchev–Trinajstić information content (AvgIpc) is 3.94. The average molecular weight is 881 g/mol. The van der Waals surface area contributed by atoms with Gasteiger partial charge in [-0.1, -0.05) is 153 Å². The van der Waals surface area contributed by atoms with Gasteiger partial charge in [0, 0.05) is 41.9 Å². The van der Waals surface area contributed by atoms with E-state index in [1.165, 1.54) is 16.2 Å². The third-order valence-corrected chi connectivity index (χ3v) is 12.6. The lowest BCUT2D eigenvalue weighted by atomic mass is 9.77. The number of benzene rings is 6. The zero-order valence-electron chi connectivity index (χ0n) is 38.0. The van der Waals surface area contributed by atoms with Crippen LogP contribution in [0.15, 0.2) is 163 Å². The van der Waals surface area contributed by atoms with E-state index in [4.69, 9.17) is 25.8 Å². The van der Waals surface area contributed by atoms with Crippen molar-refractivity contribution in [3.8, 4) is 22.5 Å². The molecule has 8 rings (SSSR count). The molecule has 0 aliphatic heterocycles. The minimum absolute atomic E-state index is 0.450. The SMILES string of the molecule is CCCc1nc(CSc2ccc(N)c(N(C)C(=O)OC(C)(C)C)c2)c(CC)n1Cc1ccc(-c2ccccc2-c2nnnn2C(c2ccccc2)(c2ccccc2)c2ccccc2)cc1. The molecule has 65 heavy (non-hydrogen) atoms. The van der Waals surface area contributed by atoms with Gasteiger partial charge in [0.05, 0.1) is 17.1 Å². The fraction of sp³-hybridized carbons (Fsp3) is 0.241. The molecule has 0 aliphatic carbocycles. The summed E-state index contributed by atoms with van der Waals surface area (Å²) >= 11 is 1.69. The van der Waals surface area contributed by atoms with Crippen LogP contribution in [0, 0.1) is 0 Å². The van der Waals surface area contributed by atoms with Crippen molar-refractivity contribution in [2.24, 2.45) is 0 Å². The number of rotatable bonds is 15. The van der Waals surface area contributed by atoms with Gasteiger partial charge in [-0.25, -0.2) is 14.5 Å². The molecule has 2 aromatic heterocycles. The first-order valence-electron chi connectivity index (χ1n) is 22.2. The fourth-order valence-corrected chi connectivity index (χ4v) is 9.47. The molecule has 0 radical (unpaired) electrons. The van der Waals surface area contributed by atoms with Crippen molar-refractivity contribution in [2.45, 2.75) is 82.2 Å². The van der Waals surface area contributed by atoms with Crippen molar-refractivity contribution in [1.29, 1.82) is 0 Å². The predicted octanol–water partition coefficient (Wildman–Crippen LogP) is 11.9. The van der Waals surface area contributed by atoms with Crippen molar-refractivity contribution in [1.82, 2.24) is 29.8 Å². The first kappa shape index (κ1) is 44.6. The number of imidazole rings is 1. The van der Waals surface area contributed by atoms with Gasteiger partial charge in [0.15, 0.2) is 5.82 Å². The van der Waals surface area contributed by atoms with Crippen LogP contribution in [-0.2, 0) is 35.4 Å². The molecular formula is C54H56N8O2S. The molecule has 0 saturated carbocycles. The molecule has 1 amide bonds. The first-order chi connectivity index (χ1) is 31.5. The van der Waals surface area contributed by atoms with Gasteiger partial charge >= 0.3 is 6.09 Å². The van der Waals surface area contributed by atoms with Gasteiger partial charge in [0.2, 0.25) is 0 Å². The number of hydrogen-bond donors (Lipinski definition) is 1. The van der Waals surface area contributed by atoms with Crippen LogP contribution in [0.3, 0.4) is 0 Å². The van der Waals surface area contributed by atoms with Crippen molar-refractivity contribution in [3.63, 3.8) is 0 Å². The Morgan fingerprint density at radius 2 is 1.34 bits per heavy atom. The van der Waals surface area contributed by atoms with Gasteiger partial charge in [0.25, 0.3) is 0 Å². The number of tetrazole rings is 1.